The van der Waals surface area contributed by atoms with Gasteiger partial charge in [-0.2, -0.15) is 0 Å². The van der Waals surface area contributed by atoms with Crippen molar-refractivity contribution in [2.75, 3.05) is 33.4 Å². The molecule has 15 heavy (non-hydrogen) atoms. The standard InChI is InChI=1S/C10H16N2O3/c1-14-8-6-11-4-5-12-10(13)9-3-2-7-15-9/h2-3,7,11H,4-6,8H2,1H3,(H,12,13). The van der Waals surface area contributed by atoms with Crippen molar-refractivity contribution in [1.82, 2.24) is 10.6 Å². The molecule has 2 N–H and O–H groups in total. The molecule has 0 saturated heterocycles. The summed E-state index contributed by atoms with van der Waals surface area (Å²) < 4.78 is 9.80. The second-order valence-electron chi connectivity index (χ2n) is 2.98. The van der Waals surface area contributed by atoms with Crippen molar-refractivity contribution < 1.29 is 13.9 Å². The number of ether oxygens (including phenoxy) is 1. The maximum absolute atomic E-state index is 11.3. The minimum absolute atomic E-state index is 0.187. The Morgan fingerprint density at radius 1 is 1.47 bits per heavy atom. The van der Waals surface area contributed by atoms with Crippen LogP contribution in [0.5, 0.6) is 0 Å². The van der Waals surface area contributed by atoms with E-state index in [0.29, 0.717) is 18.9 Å². The third-order valence-corrected chi connectivity index (χ3v) is 1.82. The molecule has 5 nitrogen and oxygen atoms in total. The number of methoxy groups -OCH3 is 1. The summed E-state index contributed by atoms with van der Waals surface area (Å²) in [6.45, 7) is 2.75. The van der Waals surface area contributed by atoms with Crippen LogP contribution in [-0.2, 0) is 4.74 Å². The van der Waals surface area contributed by atoms with Crippen LogP contribution in [0.25, 0.3) is 0 Å². The van der Waals surface area contributed by atoms with Gasteiger partial charge in [0.1, 0.15) is 0 Å². The molecule has 0 aliphatic carbocycles. The van der Waals surface area contributed by atoms with Gasteiger partial charge in [0.2, 0.25) is 0 Å². The van der Waals surface area contributed by atoms with Crippen LogP contribution in [0.4, 0.5) is 0 Å². The summed E-state index contributed by atoms with van der Waals surface area (Å²) in [4.78, 5) is 11.3. The lowest BCUT2D eigenvalue weighted by Crippen LogP contribution is -2.32. The first-order valence-electron chi connectivity index (χ1n) is 4.86. The number of hydrogen-bond donors (Lipinski definition) is 2. The highest BCUT2D eigenvalue weighted by atomic mass is 16.5. The van der Waals surface area contributed by atoms with Gasteiger partial charge in [-0.1, -0.05) is 0 Å². The van der Waals surface area contributed by atoms with E-state index in [-0.39, 0.29) is 5.91 Å². The Hall–Kier alpha value is -1.33. The fourth-order valence-corrected chi connectivity index (χ4v) is 1.06. The van der Waals surface area contributed by atoms with E-state index in [2.05, 4.69) is 10.6 Å². The Morgan fingerprint density at radius 3 is 3.00 bits per heavy atom. The van der Waals surface area contributed by atoms with Crippen LogP contribution in [0.3, 0.4) is 0 Å². The molecular weight excluding hydrogens is 196 g/mol. The number of rotatable bonds is 7. The lowest BCUT2D eigenvalue weighted by Gasteiger charge is -2.04. The quantitative estimate of drug-likeness (QED) is 0.636. The molecule has 0 spiro atoms. The Morgan fingerprint density at radius 2 is 2.33 bits per heavy atom. The van der Waals surface area contributed by atoms with Crippen molar-refractivity contribution in [3.05, 3.63) is 24.2 Å². The van der Waals surface area contributed by atoms with Crippen molar-refractivity contribution in [2.24, 2.45) is 0 Å². The van der Waals surface area contributed by atoms with E-state index in [0.717, 1.165) is 13.1 Å². The molecule has 1 amide bonds. The Bertz CT molecular complexity index is 272. The van der Waals surface area contributed by atoms with Gasteiger partial charge in [-0.05, 0) is 12.1 Å². The van der Waals surface area contributed by atoms with E-state index in [1.807, 2.05) is 0 Å². The van der Waals surface area contributed by atoms with E-state index < -0.39 is 0 Å². The molecule has 1 heterocycles. The van der Waals surface area contributed by atoms with Gasteiger partial charge in [0.15, 0.2) is 5.76 Å². The van der Waals surface area contributed by atoms with Gasteiger partial charge in [-0.15, -0.1) is 0 Å². The molecule has 0 aliphatic rings. The second-order valence-corrected chi connectivity index (χ2v) is 2.98. The van der Waals surface area contributed by atoms with Crippen LogP contribution < -0.4 is 10.6 Å². The highest BCUT2D eigenvalue weighted by molar-refractivity contribution is 5.91. The average Bonchev–Trinajstić information content (AvgIpc) is 2.76. The van der Waals surface area contributed by atoms with Crippen molar-refractivity contribution in [3.63, 3.8) is 0 Å². The molecule has 1 rings (SSSR count). The van der Waals surface area contributed by atoms with Crippen molar-refractivity contribution in [2.45, 2.75) is 0 Å². The Kier molecular flexibility index (Phi) is 5.50. The molecule has 0 atom stereocenters. The zero-order valence-electron chi connectivity index (χ0n) is 8.79. The first-order valence-corrected chi connectivity index (χ1v) is 4.86. The first-order chi connectivity index (χ1) is 7.34. The summed E-state index contributed by atoms with van der Waals surface area (Å²) in [6.07, 6.45) is 1.48. The molecule has 0 saturated carbocycles. The van der Waals surface area contributed by atoms with E-state index >= 15 is 0 Å². The molecule has 5 heteroatoms. The average molecular weight is 212 g/mol. The molecule has 0 unspecified atom stereocenters. The number of hydrogen-bond acceptors (Lipinski definition) is 4. The van der Waals surface area contributed by atoms with Crippen molar-refractivity contribution >= 4 is 5.91 Å². The topological polar surface area (TPSA) is 63.5 Å². The Balaban J connectivity index is 2.03. The molecule has 1 aromatic rings. The smallest absolute Gasteiger partial charge is 0.287 e. The number of amides is 1. The molecular formula is C10H16N2O3. The third kappa shape index (κ3) is 4.62. The lowest BCUT2D eigenvalue weighted by molar-refractivity contribution is 0.0926. The zero-order valence-corrected chi connectivity index (χ0v) is 8.79. The summed E-state index contributed by atoms with van der Waals surface area (Å²) >= 11 is 0. The highest BCUT2D eigenvalue weighted by Gasteiger charge is 2.05. The van der Waals surface area contributed by atoms with E-state index in [1.54, 1.807) is 19.2 Å². The van der Waals surface area contributed by atoms with Crippen LogP contribution in [0.15, 0.2) is 22.8 Å². The van der Waals surface area contributed by atoms with Gasteiger partial charge in [-0.3, -0.25) is 4.79 Å². The fourth-order valence-electron chi connectivity index (χ4n) is 1.06. The molecule has 0 aliphatic heterocycles. The van der Waals surface area contributed by atoms with Crippen molar-refractivity contribution in [3.8, 4) is 0 Å². The van der Waals surface area contributed by atoms with Gasteiger partial charge in [0.05, 0.1) is 12.9 Å². The second kappa shape index (κ2) is 7.03. The van der Waals surface area contributed by atoms with E-state index in [1.165, 1.54) is 6.26 Å². The highest BCUT2D eigenvalue weighted by Crippen LogP contribution is 1.98. The summed E-state index contributed by atoms with van der Waals surface area (Å²) in [7, 11) is 1.65. The van der Waals surface area contributed by atoms with E-state index in [4.69, 9.17) is 9.15 Å². The Labute approximate surface area is 88.8 Å². The number of nitrogens with one attached hydrogen (secondary N) is 2. The molecule has 0 aromatic carbocycles. The van der Waals surface area contributed by atoms with Crippen LogP contribution in [0, 0.1) is 0 Å². The number of furan rings is 1. The summed E-state index contributed by atoms with van der Waals surface area (Å²) in [5, 5.41) is 5.84. The van der Waals surface area contributed by atoms with Gasteiger partial charge in [-0.25, -0.2) is 0 Å². The van der Waals surface area contributed by atoms with Gasteiger partial charge in [0.25, 0.3) is 5.91 Å². The molecule has 1 aromatic heterocycles. The minimum atomic E-state index is -0.187. The predicted octanol–water partition coefficient (Wildman–Crippen LogP) is 0.245. The monoisotopic (exact) mass is 212 g/mol. The maximum Gasteiger partial charge on any atom is 0.287 e. The van der Waals surface area contributed by atoms with E-state index in [9.17, 15) is 4.79 Å². The normalized spacial score (nSPS) is 10.2. The maximum atomic E-state index is 11.3. The van der Waals surface area contributed by atoms with Crippen LogP contribution >= 0.6 is 0 Å². The molecule has 0 bridgehead atoms. The largest absolute Gasteiger partial charge is 0.459 e. The van der Waals surface area contributed by atoms with Gasteiger partial charge < -0.3 is 19.8 Å². The lowest BCUT2D eigenvalue weighted by atomic mass is 10.4. The fraction of sp³-hybridized carbons (Fsp3) is 0.500. The van der Waals surface area contributed by atoms with Crippen LogP contribution in [0.2, 0.25) is 0 Å². The minimum Gasteiger partial charge on any atom is -0.459 e. The van der Waals surface area contributed by atoms with Gasteiger partial charge in [0, 0.05) is 26.7 Å². The predicted molar refractivity (Wildman–Crippen MR) is 55.8 cm³/mol. The van der Waals surface area contributed by atoms with Gasteiger partial charge >= 0.3 is 0 Å². The summed E-state index contributed by atoms with van der Waals surface area (Å²) in [6, 6.07) is 3.32. The van der Waals surface area contributed by atoms with Crippen molar-refractivity contribution in [1.29, 1.82) is 0 Å². The first kappa shape index (κ1) is 11.7. The zero-order chi connectivity index (χ0) is 10.9. The molecule has 0 radical (unpaired) electrons. The summed E-state index contributed by atoms with van der Waals surface area (Å²) in [5.41, 5.74) is 0. The van der Waals surface area contributed by atoms with Crippen LogP contribution in [0.1, 0.15) is 10.6 Å². The van der Waals surface area contributed by atoms with Crippen LogP contribution in [-0.4, -0.2) is 39.3 Å². The SMILES string of the molecule is COCCNCCNC(=O)c1ccco1. The number of carbonyl (C=O) groups is 1. The summed E-state index contributed by atoms with van der Waals surface area (Å²) in [5.74, 6) is 0.153. The molecule has 84 valence electrons. The molecule has 0 fully saturated rings. The number of carbonyl (C=O) groups excluding carboxylic acids is 1. The third-order valence-electron chi connectivity index (χ3n) is 1.82.